The Morgan fingerprint density at radius 2 is 1.67 bits per heavy atom. The molecule has 0 radical (unpaired) electrons. The lowest BCUT2D eigenvalue weighted by Gasteiger charge is -2.30. The van der Waals surface area contributed by atoms with Gasteiger partial charge in [0.05, 0.1) is 28.8 Å². The molecule has 4 aromatic rings. The number of nitrogens with zero attached hydrogens (tertiary/aromatic N) is 1. The molecule has 2 aliphatic heterocycles. The largest absolute Gasteiger partial charge is 0.462 e. The third kappa shape index (κ3) is 4.55. The van der Waals surface area contributed by atoms with Crippen molar-refractivity contribution in [1.29, 1.82) is 0 Å². The maximum atomic E-state index is 13.9. The molecule has 0 saturated carbocycles. The van der Waals surface area contributed by atoms with Crippen LogP contribution < -0.4 is 14.5 Å². The zero-order valence-corrected chi connectivity index (χ0v) is 22.3. The summed E-state index contributed by atoms with van der Waals surface area (Å²) in [6, 6.07) is 23.0. The van der Waals surface area contributed by atoms with Gasteiger partial charge in [-0.1, -0.05) is 53.4 Å². The van der Waals surface area contributed by atoms with Crippen LogP contribution in [0.2, 0.25) is 0 Å². The van der Waals surface area contributed by atoms with Crippen molar-refractivity contribution in [3.63, 3.8) is 0 Å². The van der Waals surface area contributed by atoms with E-state index in [1.807, 2.05) is 54.6 Å². The second-order valence-electron chi connectivity index (χ2n) is 9.02. The number of thiazole rings is 1. The number of aromatic amines is 1. The molecule has 1 aromatic heterocycles. The van der Waals surface area contributed by atoms with Crippen LogP contribution in [0, 0.1) is 5.92 Å². The van der Waals surface area contributed by atoms with Gasteiger partial charge < -0.3 is 14.5 Å². The number of thioether (sulfide) groups is 1. The number of hydrogen-bond acceptors (Lipinski definition) is 8. The third-order valence-electron chi connectivity index (χ3n) is 6.66. The summed E-state index contributed by atoms with van der Waals surface area (Å²) in [5, 5.41) is -0.116. The fourth-order valence-corrected chi connectivity index (χ4v) is 7.50. The van der Waals surface area contributed by atoms with Crippen LogP contribution in [-0.4, -0.2) is 34.6 Å². The highest BCUT2D eigenvalue weighted by molar-refractivity contribution is 8.00. The second kappa shape index (κ2) is 10.2. The first-order valence-electron chi connectivity index (χ1n) is 12.3. The first-order chi connectivity index (χ1) is 18.9. The SMILES string of the molecule is CCOC(=O)c1ccc(N2C(=O)C3Sc4[nH]c(=O)sc4C(c4cccc(Oc5ccccc5)c4)C3C2=O)cc1. The molecule has 39 heavy (non-hydrogen) atoms. The number of nitrogens with one attached hydrogen (secondary N) is 1. The Hall–Kier alpha value is -4.15. The van der Waals surface area contributed by atoms with E-state index in [1.54, 1.807) is 31.2 Å². The summed E-state index contributed by atoms with van der Waals surface area (Å²) in [4.78, 5) is 56.5. The molecule has 2 aliphatic rings. The van der Waals surface area contributed by atoms with Crippen molar-refractivity contribution in [2.75, 3.05) is 11.5 Å². The molecular formula is C29H22N2O6S2. The van der Waals surface area contributed by atoms with Gasteiger partial charge in [-0.2, -0.15) is 0 Å². The van der Waals surface area contributed by atoms with Gasteiger partial charge in [-0.15, -0.1) is 0 Å². The van der Waals surface area contributed by atoms with Gasteiger partial charge in [0.15, 0.2) is 0 Å². The molecule has 1 fully saturated rings. The highest BCUT2D eigenvalue weighted by Gasteiger charge is 2.56. The molecule has 196 valence electrons. The van der Waals surface area contributed by atoms with Crippen LogP contribution in [0.3, 0.4) is 0 Å². The van der Waals surface area contributed by atoms with Gasteiger partial charge in [0.2, 0.25) is 11.8 Å². The second-order valence-corrected chi connectivity index (χ2v) is 11.2. The van der Waals surface area contributed by atoms with Crippen LogP contribution in [-0.2, 0) is 14.3 Å². The van der Waals surface area contributed by atoms with E-state index in [1.165, 1.54) is 16.7 Å². The van der Waals surface area contributed by atoms with Crippen LogP contribution in [0.5, 0.6) is 11.5 Å². The number of ether oxygens (including phenoxy) is 2. The Labute approximate surface area is 231 Å². The summed E-state index contributed by atoms with van der Waals surface area (Å²) in [5.74, 6) is -1.18. The number of anilines is 1. The van der Waals surface area contributed by atoms with Crippen molar-refractivity contribution < 1.29 is 23.9 Å². The first kappa shape index (κ1) is 25.1. The van der Waals surface area contributed by atoms with E-state index < -0.39 is 23.1 Å². The Balaban J connectivity index is 1.37. The van der Waals surface area contributed by atoms with Crippen molar-refractivity contribution in [3.8, 4) is 11.5 Å². The Morgan fingerprint density at radius 1 is 0.923 bits per heavy atom. The molecule has 3 unspecified atom stereocenters. The summed E-state index contributed by atoms with van der Waals surface area (Å²) in [6.45, 7) is 1.97. The number of imide groups is 1. The van der Waals surface area contributed by atoms with E-state index >= 15 is 0 Å². The van der Waals surface area contributed by atoms with E-state index in [2.05, 4.69) is 4.98 Å². The minimum atomic E-state index is -0.724. The Morgan fingerprint density at radius 3 is 2.41 bits per heavy atom. The number of esters is 1. The molecule has 1 saturated heterocycles. The highest BCUT2D eigenvalue weighted by atomic mass is 32.2. The lowest BCUT2D eigenvalue weighted by atomic mass is 9.83. The molecule has 3 aromatic carbocycles. The molecule has 10 heteroatoms. The molecule has 0 spiro atoms. The summed E-state index contributed by atoms with van der Waals surface area (Å²) in [5.41, 5.74) is 1.49. The monoisotopic (exact) mass is 558 g/mol. The lowest BCUT2D eigenvalue weighted by molar-refractivity contribution is -0.122. The van der Waals surface area contributed by atoms with Crippen molar-refractivity contribution in [2.24, 2.45) is 5.92 Å². The standard InChI is InChI=1S/C29H22N2O6S2/c1-2-36-28(34)16-11-13-18(14-12-16)31-26(32)22-21(23-25(30-29(35)39-23)38-24(22)27(31)33)17-7-6-10-20(15-17)37-19-8-4-3-5-9-19/h3-15,21-22,24H,2H2,1H3,(H,30,35). The quantitative estimate of drug-likeness (QED) is 0.256. The zero-order valence-electron chi connectivity index (χ0n) is 20.7. The smallest absolute Gasteiger partial charge is 0.338 e. The first-order valence-corrected chi connectivity index (χ1v) is 14.0. The molecule has 1 N–H and O–H groups in total. The molecule has 3 atom stereocenters. The van der Waals surface area contributed by atoms with Crippen molar-refractivity contribution in [2.45, 2.75) is 23.1 Å². The summed E-state index contributed by atoms with van der Waals surface area (Å²) < 4.78 is 11.1. The predicted octanol–water partition coefficient (Wildman–Crippen LogP) is 5.20. The van der Waals surface area contributed by atoms with Gasteiger partial charge in [-0.25, -0.2) is 9.69 Å². The number of rotatable bonds is 6. The molecule has 3 heterocycles. The van der Waals surface area contributed by atoms with Crippen LogP contribution in [0.4, 0.5) is 5.69 Å². The van der Waals surface area contributed by atoms with E-state index in [-0.39, 0.29) is 23.3 Å². The average molecular weight is 559 g/mol. The van der Waals surface area contributed by atoms with Gasteiger partial charge in [-0.3, -0.25) is 14.4 Å². The number of benzene rings is 3. The zero-order chi connectivity index (χ0) is 27.1. The van der Waals surface area contributed by atoms with Gasteiger partial charge in [-0.05, 0) is 61.0 Å². The van der Waals surface area contributed by atoms with Gasteiger partial charge in [0.1, 0.15) is 16.7 Å². The molecule has 6 rings (SSSR count). The Bertz CT molecular complexity index is 1630. The minimum Gasteiger partial charge on any atom is -0.462 e. The number of amides is 2. The van der Waals surface area contributed by atoms with Crippen LogP contribution in [0.25, 0.3) is 0 Å². The topological polar surface area (TPSA) is 106 Å². The van der Waals surface area contributed by atoms with Crippen molar-refractivity contribution in [3.05, 3.63) is 105 Å². The van der Waals surface area contributed by atoms with Gasteiger partial charge >= 0.3 is 10.8 Å². The van der Waals surface area contributed by atoms with Crippen LogP contribution in [0.15, 0.2) is 88.7 Å². The molecule has 0 aliphatic carbocycles. The average Bonchev–Trinajstić information content (AvgIpc) is 3.43. The number of carbonyl (C=O) groups excluding carboxylic acids is 3. The minimum absolute atomic E-state index is 0.236. The van der Waals surface area contributed by atoms with E-state index in [0.717, 1.165) is 21.8 Å². The number of H-pyrrole nitrogens is 1. The van der Waals surface area contributed by atoms with Gasteiger partial charge in [0.25, 0.3) is 0 Å². The molecule has 2 amide bonds. The van der Waals surface area contributed by atoms with E-state index in [9.17, 15) is 19.2 Å². The highest BCUT2D eigenvalue weighted by Crippen LogP contribution is 2.53. The summed E-state index contributed by atoms with van der Waals surface area (Å²) in [7, 11) is 0. The summed E-state index contributed by atoms with van der Waals surface area (Å²) >= 11 is 2.27. The fraction of sp³-hybridized carbons (Fsp3) is 0.172. The third-order valence-corrected chi connectivity index (χ3v) is 9.06. The van der Waals surface area contributed by atoms with Crippen molar-refractivity contribution >= 4 is 46.6 Å². The molecular weight excluding hydrogens is 536 g/mol. The van der Waals surface area contributed by atoms with Crippen molar-refractivity contribution in [1.82, 2.24) is 4.98 Å². The van der Waals surface area contributed by atoms with E-state index in [0.29, 0.717) is 27.8 Å². The molecule has 0 bridgehead atoms. The molecule has 8 nitrogen and oxygen atoms in total. The fourth-order valence-electron chi connectivity index (χ4n) is 4.99. The van der Waals surface area contributed by atoms with Gasteiger partial charge in [0, 0.05) is 10.8 Å². The van der Waals surface area contributed by atoms with E-state index in [4.69, 9.17) is 9.47 Å². The maximum Gasteiger partial charge on any atom is 0.338 e. The lowest BCUT2D eigenvalue weighted by Crippen LogP contribution is -2.32. The van der Waals surface area contributed by atoms with Crippen LogP contribution in [0.1, 0.15) is 33.6 Å². The number of hydrogen-bond donors (Lipinski definition) is 1. The Kier molecular flexibility index (Phi) is 6.58. The maximum absolute atomic E-state index is 13.9. The number of para-hydroxylation sites is 1. The normalized spacial score (nSPS) is 19.9. The predicted molar refractivity (Wildman–Crippen MR) is 148 cm³/mol. The summed E-state index contributed by atoms with van der Waals surface area (Å²) in [6.07, 6.45) is 0. The number of fused-ring (bicyclic) bond motifs is 2. The number of aromatic nitrogens is 1. The number of carbonyl (C=O) groups is 3. The van der Waals surface area contributed by atoms with Crippen LogP contribution >= 0.6 is 23.1 Å².